The Bertz CT molecular complexity index is 549. The summed E-state index contributed by atoms with van der Waals surface area (Å²) in [5.41, 5.74) is 7.12. The molecule has 2 rings (SSSR count). The predicted molar refractivity (Wildman–Crippen MR) is 66.8 cm³/mol. The number of halogens is 1. The molecule has 0 unspecified atom stereocenters. The van der Waals surface area contributed by atoms with Gasteiger partial charge in [0.15, 0.2) is 0 Å². The maximum absolute atomic E-state index is 13.3. The van der Waals surface area contributed by atoms with Gasteiger partial charge in [-0.25, -0.2) is 4.39 Å². The Morgan fingerprint density at radius 2 is 2.06 bits per heavy atom. The molecule has 0 spiro atoms. The van der Waals surface area contributed by atoms with Crippen molar-refractivity contribution in [1.82, 2.24) is 0 Å². The van der Waals surface area contributed by atoms with Gasteiger partial charge in [0, 0.05) is 18.2 Å². The maximum atomic E-state index is 13.3. The standard InChI is InChI=1S/C14H16FNO2/c1-9-3-4-12(6-14(9)15)17-8-13-5-11(7-16)10(2)18-13/h3-6H,7-8,16H2,1-2H3. The lowest BCUT2D eigenvalue weighted by Gasteiger charge is -2.05. The van der Waals surface area contributed by atoms with E-state index in [0.29, 0.717) is 23.6 Å². The third-order valence-electron chi connectivity index (χ3n) is 2.82. The molecule has 0 amide bonds. The summed E-state index contributed by atoms with van der Waals surface area (Å²) >= 11 is 0. The zero-order valence-electron chi connectivity index (χ0n) is 10.5. The minimum absolute atomic E-state index is 0.267. The molecule has 3 nitrogen and oxygen atoms in total. The Kier molecular flexibility index (Phi) is 3.67. The smallest absolute Gasteiger partial charge is 0.146 e. The molecule has 0 aliphatic rings. The van der Waals surface area contributed by atoms with E-state index in [-0.39, 0.29) is 12.4 Å². The number of furan rings is 1. The van der Waals surface area contributed by atoms with Crippen LogP contribution in [0.1, 0.15) is 22.6 Å². The fourth-order valence-electron chi connectivity index (χ4n) is 1.68. The van der Waals surface area contributed by atoms with E-state index in [9.17, 15) is 4.39 Å². The van der Waals surface area contributed by atoms with Gasteiger partial charge in [0.1, 0.15) is 29.7 Å². The summed E-state index contributed by atoms with van der Waals surface area (Å²) in [4.78, 5) is 0. The van der Waals surface area contributed by atoms with Crippen LogP contribution in [0.2, 0.25) is 0 Å². The van der Waals surface area contributed by atoms with Crippen LogP contribution in [0.4, 0.5) is 4.39 Å². The van der Waals surface area contributed by atoms with Crippen LogP contribution >= 0.6 is 0 Å². The highest BCUT2D eigenvalue weighted by Gasteiger charge is 2.07. The normalized spacial score (nSPS) is 10.7. The second-order valence-electron chi connectivity index (χ2n) is 4.20. The molecule has 96 valence electrons. The molecule has 2 N–H and O–H groups in total. The number of benzene rings is 1. The van der Waals surface area contributed by atoms with Crippen molar-refractivity contribution in [3.63, 3.8) is 0 Å². The van der Waals surface area contributed by atoms with Gasteiger partial charge in [-0.15, -0.1) is 0 Å². The molecule has 0 fully saturated rings. The number of nitrogens with two attached hydrogens (primary N) is 1. The molecule has 0 aliphatic heterocycles. The van der Waals surface area contributed by atoms with Crippen molar-refractivity contribution in [3.05, 3.63) is 52.7 Å². The molecule has 0 bridgehead atoms. The van der Waals surface area contributed by atoms with Crippen LogP contribution < -0.4 is 10.5 Å². The van der Waals surface area contributed by atoms with Crippen LogP contribution in [0.3, 0.4) is 0 Å². The minimum Gasteiger partial charge on any atom is -0.486 e. The molecule has 0 saturated heterocycles. The Morgan fingerprint density at radius 3 is 2.67 bits per heavy atom. The molecule has 4 heteroatoms. The van der Waals surface area contributed by atoms with E-state index in [1.54, 1.807) is 19.1 Å². The lowest BCUT2D eigenvalue weighted by Crippen LogP contribution is -1.96. The Hall–Kier alpha value is -1.81. The SMILES string of the molecule is Cc1ccc(OCc2cc(CN)c(C)o2)cc1F. The van der Waals surface area contributed by atoms with Crippen molar-refractivity contribution in [2.45, 2.75) is 27.0 Å². The van der Waals surface area contributed by atoms with Crippen molar-refractivity contribution < 1.29 is 13.5 Å². The molecule has 0 saturated carbocycles. The monoisotopic (exact) mass is 249 g/mol. The summed E-state index contributed by atoms with van der Waals surface area (Å²) in [6.45, 7) is 4.28. The molecule has 0 atom stereocenters. The van der Waals surface area contributed by atoms with E-state index in [4.69, 9.17) is 14.9 Å². The minimum atomic E-state index is -0.272. The topological polar surface area (TPSA) is 48.4 Å². The fraction of sp³-hybridized carbons (Fsp3) is 0.286. The van der Waals surface area contributed by atoms with E-state index in [1.807, 2.05) is 13.0 Å². The fourth-order valence-corrected chi connectivity index (χ4v) is 1.68. The number of aryl methyl sites for hydroxylation is 2. The van der Waals surface area contributed by atoms with Gasteiger partial charge in [-0.3, -0.25) is 0 Å². The van der Waals surface area contributed by atoms with Gasteiger partial charge < -0.3 is 14.9 Å². The second kappa shape index (κ2) is 5.23. The Morgan fingerprint density at radius 1 is 1.28 bits per heavy atom. The summed E-state index contributed by atoms with van der Waals surface area (Å²) in [5.74, 6) is 1.70. The predicted octanol–water partition coefficient (Wildman–Crippen LogP) is 3.07. The molecule has 0 aliphatic carbocycles. The van der Waals surface area contributed by atoms with Crippen molar-refractivity contribution in [3.8, 4) is 5.75 Å². The largest absolute Gasteiger partial charge is 0.486 e. The van der Waals surface area contributed by atoms with Crippen LogP contribution in [0.15, 0.2) is 28.7 Å². The molecule has 2 aromatic rings. The molecule has 1 aromatic carbocycles. The summed E-state index contributed by atoms with van der Waals surface area (Å²) in [6, 6.07) is 6.65. The van der Waals surface area contributed by atoms with Crippen LogP contribution in [0, 0.1) is 19.7 Å². The van der Waals surface area contributed by atoms with E-state index < -0.39 is 0 Å². The number of ether oxygens (including phenoxy) is 1. The third-order valence-corrected chi connectivity index (χ3v) is 2.82. The molecular weight excluding hydrogens is 233 g/mol. The zero-order valence-corrected chi connectivity index (χ0v) is 10.5. The van der Waals surface area contributed by atoms with E-state index in [1.165, 1.54) is 6.07 Å². The zero-order chi connectivity index (χ0) is 13.1. The van der Waals surface area contributed by atoms with Crippen LogP contribution in [0.25, 0.3) is 0 Å². The average Bonchev–Trinajstić information content (AvgIpc) is 2.71. The summed E-state index contributed by atoms with van der Waals surface area (Å²) in [7, 11) is 0. The maximum Gasteiger partial charge on any atom is 0.146 e. The highest BCUT2D eigenvalue weighted by Crippen LogP contribution is 2.19. The van der Waals surface area contributed by atoms with Crippen molar-refractivity contribution in [2.75, 3.05) is 0 Å². The van der Waals surface area contributed by atoms with Gasteiger partial charge in [0.2, 0.25) is 0 Å². The van der Waals surface area contributed by atoms with Crippen LogP contribution in [0.5, 0.6) is 5.75 Å². The molecule has 0 radical (unpaired) electrons. The van der Waals surface area contributed by atoms with E-state index in [2.05, 4.69) is 0 Å². The number of hydrogen-bond acceptors (Lipinski definition) is 3. The van der Waals surface area contributed by atoms with E-state index in [0.717, 1.165) is 11.3 Å². The number of rotatable bonds is 4. The van der Waals surface area contributed by atoms with Crippen LogP contribution in [-0.4, -0.2) is 0 Å². The van der Waals surface area contributed by atoms with Gasteiger partial charge in [-0.2, -0.15) is 0 Å². The number of hydrogen-bond donors (Lipinski definition) is 1. The molecule has 18 heavy (non-hydrogen) atoms. The summed E-state index contributed by atoms with van der Waals surface area (Å²) in [5, 5.41) is 0. The van der Waals surface area contributed by atoms with Crippen molar-refractivity contribution >= 4 is 0 Å². The third kappa shape index (κ3) is 2.71. The van der Waals surface area contributed by atoms with Crippen LogP contribution in [-0.2, 0) is 13.2 Å². The molecule has 1 heterocycles. The Labute approximate surface area is 105 Å². The van der Waals surface area contributed by atoms with Crippen molar-refractivity contribution in [2.24, 2.45) is 5.73 Å². The molecular formula is C14H16FNO2. The summed E-state index contributed by atoms with van der Waals surface area (Å²) in [6.07, 6.45) is 0. The first kappa shape index (κ1) is 12.6. The van der Waals surface area contributed by atoms with Crippen molar-refractivity contribution in [1.29, 1.82) is 0 Å². The quantitative estimate of drug-likeness (QED) is 0.905. The lowest BCUT2D eigenvalue weighted by atomic mass is 10.2. The Balaban J connectivity index is 2.04. The average molecular weight is 249 g/mol. The first-order valence-corrected chi connectivity index (χ1v) is 5.77. The summed E-state index contributed by atoms with van der Waals surface area (Å²) < 4.78 is 24.3. The van der Waals surface area contributed by atoms with Gasteiger partial charge >= 0.3 is 0 Å². The molecule has 1 aromatic heterocycles. The first-order chi connectivity index (χ1) is 8.60. The second-order valence-corrected chi connectivity index (χ2v) is 4.20. The van der Waals surface area contributed by atoms with Gasteiger partial charge in [-0.05, 0) is 31.5 Å². The lowest BCUT2D eigenvalue weighted by molar-refractivity contribution is 0.266. The van der Waals surface area contributed by atoms with Gasteiger partial charge in [-0.1, -0.05) is 6.07 Å². The van der Waals surface area contributed by atoms with E-state index >= 15 is 0 Å². The first-order valence-electron chi connectivity index (χ1n) is 5.77. The van der Waals surface area contributed by atoms with Gasteiger partial charge in [0.25, 0.3) is 0 Å². The highest BCUT2D eigenvalue weighted by molar-refractivity contribution is 5.28. The van der Waals surface area contributed by atoms with Gasteiger partial charge in [0.05, 0.1) is 0 Å². The highest BCUT2D eigenvalue weighted by atomic mass is 19.1.